The molecule has 38 heavy (non-hydrogen) atoms. The Morgan fingerprint density at radius 2 is 1.79 bits per heavy atom. The van der Waals surface area contributed by atoms with Gasteiger partial charge in [-0.25, -0.2) is 19.6 Å². The highest BCUT2D eigenvalue weighted by molar-refractivity contribution is 14.1. The lowest BCUT2D eigenvalue weighted by atomic mass is 10.1. The fourth-order valence-corrected chi connectivity index (χ4v) is 5.14. The van der Waals surface area contributed by atoms with Crippen LogP contribution in [0.1, 0.15) is 16.8 Å². The van der Waals surface area contributed by atoms with E-state index >= 15 is 0 Å². The van der Waals surface area contributed by atoms with E-state index in [-0.39, 0.29) is 23.7 Å². The number of rotatable bonds is 4. The molecule has 0 amide bonds. The lowest BCUT2D eigenvalue weighted by Crippen LogP contribution is -2.25. The summed E-state index contributed by atoms with van der Waals surface area (Å²) in [6, 6.07) is 16.9. The Hall–Kier alpha value is -4.32. The zero-order chi connectivity index (χ0) is 26.6. The molecule has 6 rings (SSSR count). The second kappa shape index (κ2) is 9.21. The van der Waals surface area contributed by atoms with Crippen molar-refractivity contribution in [3.05, 3.63) is 97.9 Å². The fourth-order valence-electron chi connectivity index (χ4n) is 4.81. The second-order valence-electron chi connectivity index (χ2n) is 9.09. The van der Waals surface area contributed by atoms with Crippen LogP contribution in [0.5, 0.6) is 5.75 Å². The minimum absolute atomic E-state index is 0.144. The van der Waals surface area contributed by atoms with Crippen molar-refractivity contribution >= 4 is 50.2 Å². The number of pyridine rings is 2. The Morgan fingerprint density at radius 3 is 2.58 bits per heavy atom. The average molecular weight is 615 g/mol. The van der Waals surface area contributed by atoms with E-state index in [1.54, 1.807) is 21.5 Å². The Balaban J connectivity index is 1.62. The van der Waals surface area contributed by atoms with Gasteiger partial charge in [-0.05, 0) is 77.2 Å². The van der Waals surface area contributed by atoms with Crippen molar-refractivity contribution in [1.82, 2.24) is 29.3 Å². The van der Waals surface area contributed by atoms with E-state index in [1.807, 2.05) is 62.4 Å². The van der Waals surface area contributed by atoms with Crippen molar-refractivity contribution in [2.45, 2.75) is 20.4 Å². The number of aromatic nitrogens is 6. The molecule has 9 nitrogen and oxygen atoms in total. The number of aromatic hydroxyl groups is 1. The second-order valence-corrected chi connectivity index (χ2v) is 10.3. The van der Waals surface area contributed by atoms with Gasteiger partial charge in [-0.3, -0.25) is 9.36 Å². The van der Waals surface area contributed by atoms with Gasteiger partial charge in [0.05, 0.1) is 26.6 Å². The predicted molar refractivity (Wildman–Crippen MR) is 155 cm³/mol. The van der Waals surface area contributed by atoms with Gasteiger partial charge in [0.2, 0.25) is 0 Å². The van der Waals surface area contributed by atoms with Crippen LogP contribution in [0.2, 0.25) is 0 Å². The maximum absolute atomic E-state index is 13.9. The number of nitrogens with zero attached hydrogens (tertiary/aromatic N) is 6. The molecule has 0 unspecified atom stereocenters. The molecule has 0 aliphatic rings. The summed E-state index contributed by atoms with van der Waals surface area (Å²) in [6.07, 6.45) is 3.07. The van der Waals surface area contributed by atoms with Crippen molar-refractivity contribution in [3.8, 4) is 22.8 Å². The van der Waals surface area contributed by atoms with Crippen molar-refractivity contribution in [1.29, 1.82) is 0 Å². The van der Waals surface area contributed by atoms with Crippen LogP contribution in [0.15, 0.2) is 71.9 Å². The van der Waals surface area contributed by atoms with Gasteiger partial charge in [-0.15, -0.1) is 0 Å². The van der Waals surface area contributed by atoms with Crippen LogP contribution in [0.4, 0.5) is 5.82 Å². The van der Waals surface area contributed by atoms with Gasteiger partial charge in [-0.1, -0.05) is 30.3 Å². The molecular formula is C28H22IN7O2. The lowest BCUT2D eigenvalue weighted by Gasteiger charge is -2.16. The Kier molecular flexibility index (Phi) is 5.83. The molecule has 0 spiro atoms. The van der Waals surface area contributed by atoms with Gasteiger partial charge >= 0.3 is 0 Å². The number of nitrogen functional groups attached to an aromatic ring is 1. The summed E-state index contributed by atoms with van der Waals surface area (Å²) in [5.74, 6) is 0.984. The highest BCUT2D eigenvalue weighted by Gasteiger charge is 2.21. The quantitative estimate of drug-likeness (QED) is 0.275. The van der Waals surface area contributed by atoms with E-state index in [4.69, 9.17) is 10.8 Å². The van der Waals surface area contributed by atoms with Gasteiger partial charge in [0.1, 0.15) is 29.4 Å². The van der Waals surface area contributed by atoms with Crippen LogP contribution >= 0.6 is 22.6 Å². The number of phenolic OH excluding ortho intramolecular Hbond substituents is 1. The van der Waals surface area contributed by atoms with E-state index < -0.39 is 0 Å². The Bertz CT molecular complexity index is 1940. The highest BCUT2D eigenvalue weighted by Crippen LogP contribution is 2.33. The average Bonchev–Trinajstić information content (AvgIpc) is 3.26. The first-order chi connectivity index (χ1) is 18.3. The molecule has 188 valence electrons. The zero-order valence-corrected chi connectivity index (χ0v) is 22.7. The summed E-state index contributed by atoms with van der Waals surface area (Å²) in [7, 11) is 0. The molecule has 0 atom stereocenters. The van der Waals surface area contributed by atoms with Gasteiger partial charge in [-0.2, -0.15) is 5.10 Å². The highest BCUT2D eigenvalue weighted by atomic mass is 127. The van der Waals surface area contributed by atoms with Crippen molar-refractivity contribution in [2.75, 3.05) is 5.73 Å². The number of phenols is 1. The molecule has 0 radical (unpaired) electrons. The molecule has 6 aromatic rings. The topological polar surface area (TPSA) is 125 Å². The smallest absolute Gasteiger partial charge is 0.264 e. The SMILES string of the molecule is Cc1cccnc1-n1c(Cn2nc(-c3ccc(I)c(O)c3)c3c(N)ncnc32)cc2cccc(C)c2c1=O. The van der Waals surface area contributed by atoms with Crippen LogP contribution in [0.25, 0.3) is 38.9 Å². The van der Waals surface area contributed by atoms with Crippen LogP contribution in [0, 0.1) is 17.4 Å². The molecule has 0 fully saturated rings. The minimum atomic E-state index is -0.147. The third kappa shape index (κ3) is 3.88. The molecule has 3 N–H and O–H groups in total. The van der Waals surface area contributed by atoms with Crippen molar-refractivity contribution in [2.24, 2.45) is 0 Å². The van der Waals surface area contributed by atoms with E-state index in [0.717, 1.165) is 20.1 Å². The summed E-state index contributed by atoms with van der Waals surface area (Å²) < 4.78 is 4.09. The number of halogens is 1. The summed E-state index contributed by atoms with van der Waals surface area (Å²) in [6.45, 7) is 4.08. The molecular weight excluding hydrogens is 593 g/mol. The molecule has 0 saturated heterocycles. The number of hydrogen-bond acceptors (Lipinski definition) is 7. The minimum Gasteiger partial charge on any atom is -0.507 e. The van der Waals surface area contributed by atoms with E-state index in [9.17, 15) is 9.90 Å². The molecule has 0 saturated carbocycles. The number of nitrogens with two attached hydrogens (primary N) is 1. The molecule has 0 aliphatic heterocycles. The third-order valence-corrected chi connectivity index (χ3v) is 7.53. The maximum atomic E-state index is 13.9. The zero-order valence-electron chi connectivity index (χ0n) is 20.6. The van der Waals surface area contributed by atoms with Gasteiger partial charge < -0.3 is 10.8 Å². The van der Waals surface area contributed by atoms with E-state index in [0.29, 0.717) is 39.2 Å². The number of fused-ring (bicyclic) bond motifs is 2. The molecule has 4 aromatic heterocycles. The van der Waals surface area contributed by atoms with Gasteiger partial charge in [0.15, 0.2) is 5.65 Å². The maximum Gasteiger partial charge on any atom is 0.264 e. The van der Waals surface area contributed by atoms with E-state index in [2.05, 4.69) is 37.5 Å². The van der Waals surface area contributed by atoms with Crippen LogP contribution < -0.4 is 11.3 Å². The molecule has 2 aromatic carbocycles. The molecule has 10 heteroatoms. The summed E-state index contributed by atoms with van der Waals surface area (Å²) >= 11 is 2.07. The normalized spacial score (nSPS) is 11.4. The Labute approximate surface area is 230 Å². The Morgan fingerprint density at radius 1 is 0.974 bits per heavy atom. The summed E-state index contributed by atoms with van der Waals surface area (Å²) in [5, 5.41) is 17.3. The number of aryl methyl sites for hydroxylation is 2. The molecule has 0 aliphatic carbocycles. The largest absolute Gasteiger partial charge is 0.507 e. The lowest BCUT2D eigenvalue weighted by molar-refractivity contribution is 0.471. The van der Waals surface area contributed by atoms with Crippen LogP contribution in [-0.4, -0.2) is 34.4 Å². The monoisotopic (exact) mass is 615 g/mol. The first kappa shape index (κ1) is 24.0. The van der Waals surface area contributed by atoms with Gasteiger partial charge in [0.25, 0.3) is 5.56 Å². The third-order valence-electron chi connectivity index (χ3n) is 6.61. The predicted octanol–water partition coefficient (Wildman–Crippen LogP) is 4.75. The van der Waals surface area contributed by atoms with Crippen LogP contribution in [0.3, 0.4) is 0 Å². The standard InChI is InChI=1S/C28H22IN7O2/c1-15-5-3-7-17-11-19(36(28(38)22(15)17)26-16(2)6-4-10-31-26)13-35-27-23(25(30)32-14-33-27)24(34-35)18-8-9-20(29)21(37)12-18/h3-12,14,37H,13H2,1-2H3,(H2,30,32,33). The van der Waals surface area contributed by atoms with Gasteiger partial charge in [0, 0.05) is 11.8 Å². The fraction of sp³-hybridized carbons (Fsp3) is 0.107. The van der Waals surface area contributed by atoms with Crippen molar-refractivity contribution < 1.29 is 5.11 Å². The first-order valence-electron chi connectivity index (χ1n) is 11.9. The molecule has 4 heterocycles. The van der Waals surface area contributed by atoms with Crippen LogP contribution in [-0.2, 0) is 6.54 Å². The number of anilines is 1. The number of benzene rings is 2. The van der Waals surface area contributed by atoms with Crippen molar-refractivity contribution in [3.63, 3.8) is 0 Å². The molecule has 0 bridgehead atoms. The van der Waals surface area contributed by atoms with E-state index in [1.165, 1.54) is 6.33 Å². The first-order valence-corrected chi connectivity index (χ1v) is 12.9. The summed E-state index contributed by atoms with van der Waals surface area (Å²) in [4.78, 5) is 27.2. The number of hydrogen-bond donors (Lipinski definition) is 2. The summed E-state index contributed by atoms with van der Waals surface area (Å²) in [5.41, 5.74) is 10.3.